The van der Waals surface area contributed by atoms with Gasteiger partial charge in [0.25, 0.3) is 5.56 Å². The fourth-order valence-corrected chi connectivity index (χ4v) is 7.02. The second kappa shape index (κ2) is 8.50. The molecule has 1 spiro atoms. The number of para-hydroxylation sites is 2. The van der Waals surface area contributed by atoms with Crippen LogP contribution < -0.4 is 15.8 Å². The summed E-state index contributed by atoms with van der Waals surface area (Å²) in [5.41, 5.74) is -1.52. The van der Waals surface area contributed by atoms with Gasteiger partial charge in [-0.1, -0.05) is 55.8 Å². The molecule has 3 aliphatic heterocycles. The van der Waals surface area contributed by atoms with E-state index in [9.17, 15) is 27.6 Å². The molecule has 4 heterocycles. The van der Waals surface area contributed by atoms with Gasteiger partial charge in [0, 0.05) is 11.6 Å². The van der Waals surface area contributed by atoms with Gasteiger partial charge in [-0.2, -0.15) is 13.2 Å². The molecule has 7 nitrogen and oxygen atoms in total. The molecule has 7 rings (SSSR count). The van der Waals surface area contributed by atoms with Crippen molar-refractivity contribution in [3.05, 3.63) is 99.1 Å². The van der Waals surface area contributed by atoms with E-state index in [1.807, 2.05) is 13.8 Å². The Morgan fingerprint density at radius 2 is 1.66 bits per heavy atom. The van der Waals surface area contributed by atoms with E-state index >= 15 is 0 Å². The number of rotatable bonds is 2. The lowest BCUT2D eigenvalue weighted by Gasteiger charge is -2.32. The third kappa shape index (κ3) is 3.31. The Bertz CT molecular complexity index is 1870. The molecule has 0 radical (unpaired) electrons. The molecule has 0 unspecified atom stereocenters. The number of halogens is 4. The molecule has 3 aliphatic rings. The zero-order valence-corrected chi connectivity index (χ0v) is 22.5. The number of imide groups is 1. The second-order valence-corrected chi connectivity index (χ2v) is 11.4. The number of amides is 2. The molecule has 4 atom stereocenters. The van der Waals surface area contributed by atoms with Crippen LogP contribution in [0.4, 0.5) is 18.9 Å². The van der Waals surface area contributed by atoms with Crippen LogP contribution in [0.15, 0.2) is 71.5 Å². The van der Waals surface area contributed by atoms with Crippen LogP contribution in [0.3, 0.4) is 0 Å². The molecule has 11 heteroatoms. The lowest BCUT2D eigenvalue weighted by molar-refractivity contribution is -0.137. The van der Waals surface area contributed by atoms with Crippen molar-refractivity contribution in [2.75, 3.05) is 4.90 Å². The van der Waals surface area contributed by atoms with Gasteiger partial charge in [-0.3, -0.25) is 24.3 Å². The maximum absolute atomic E-state index is 14.4. The number of hydrogen-bond acceptors (Lipinski definition) is 5. The van der Waals surface area contributed by atoms with E-state index in [-0.39, 0.29) is 28.0 Å². The SMILES string of the molecule is CC(C)[C@@H]1N[C@@]2(c3ccccc3-n3c2nc2ccccc2c3=O)[C@H]2C(=O)N(c3cc(C(F)(F)F)ccc3Cl)C(=O)[C@@H]12. The van der Waals surface area contributed by atoms with Crippen molar-refractivity contribution < 1.29 is 22.8 Å². The van der Waals surface area contributed by atoms with Crippen LogP contribution in [0, 0.1) is 17.8 Å². The van der Waals surface area contributed by atoms with E-state index in [0.29, 0.717) is 22.2 Å². The Labute approximate surface area is 236 Å². The van der Waals surface area contributed by atoms with Crippen LogP contribution >= 0.6 is 11.6 Å². The number of aromatic nitrogens is 2. The number of carbonyl (C=O) groups excluding carboxylic acids is 2. The Balaban J connectivity index is 1.51. The minimum Gasteiger partial charge on any atom is -0.296 e. The number of benzene rings is 3. The molecule has 2 amide bonds. The average Bonchev–Trinajstić information content (AvgIpc) is 3.52. The van der Waals surface area contributed by atoms with E-state index in [1.54, 1.807) is 48.5 Å². The Hall–Kier alpha value is -4.02. The molecule has 0 bridgehead atoms. The van der Waals surface area contributed by atoms with E-state index in [1.165, 1.54) is 4.57 Å². The molecule has 2 fully saturated rings. The summed E-state index contributed by atoms with van der Waals surface area (Å²) in [5.74, 6) is -3.31. The zero-order chi connectivity index (χ0) is 29.0. The number of hydrogen-bond donors (Lipinski definition) is 1. The number of nitrogens with one attached hydrogen (secondary N) is 1. The normalized spacial score (nSPS) is 25.0. The fraction of sp³-hybridized carbons (Fsp3) is 0.267. The predicted molar refractivity (Wildman–Crippen MR) is 146 cm³/mol. The monoisotopic (exact) mass is 578 g/mol. The first kappa shape index (κ1) is 25.9. The van der Waals surface area contributed by atoms with Crippen molar-refractivity contribution in [2.24, 2.45) is 17.8 Å². The van der Waals surface area contributed by atoms with Crippen LogP contribution in [0.2, 0.25) is 5.02 Å². The van der Waals surface area contributed by atoms with E-state index in [2.05, 4.69) is 5.32 Å². The maximum Gasteiger partial charge on any atom is 0.416 e. The third-order valence-corrected chi connectivity index (χ3v) is 8.85. The van der Waals surface area contributed by atoms with Crippen LogP contribution in [0.5, 0.6) is 0 Å². The van der Waals surface area contributed by atoms with Crippen LogP contribution in [0.25, 0.3) is 16.6 Å². The lowest BCUT2D eigenvalue weighted by Crippen LogP contribution is -2.51. The molecule has 2 saturated heterocycles. The number of fused-ring (bicyclic) bond motifs is 8. The number of alkyl halides is 3. The smallest absolute Gasteiger partial charge is 0.296 e. The van der Waals surface area contributed by atoms with Gasteiger partial charge in [-0.15, -0.1) is 0 Å². The quantitative estimate of drug-likeness (QED) is 0.337. The highest BCUT2D eigenvalue weighted by Gasteiger charge is 2.70. The van der Waals surface area contributed by atoms with Crippen molar-refractivity contribution in [1.82, 2.24) is 14.9 Å². The van der Waals surface area contributed by atoms with E-state index < -0.39 is 47.0 Å². The van der Waals surface area contributed by atoms with E-state index in [0.717, 1.165) is 23.1 Å². The lowest BCUT2D eigenvalue weighted by atomic mass is 9.75. The highest BCUT2D eigenvalue weighted by atomic mass is 35.5. The first-order valence-electron chi connectivity index (χ1n) is 13.1. The van der Waals surface area contributed by atoms with Crippen LogP contribution in [0.1, 0.15) is 30.8 Å². The van der Waals surface area contributed by atoms with Gasteiger partial charge < -0.3 is 0 Å². The largest absolute Gasteiger partial charge is 0.416 e. The summed E-state index contributed by atoms with van der Waals surface area (Å²) < 4.78 is 42.4. The standard InChI is InChI=1S/C30H22ClF3N4O3/c1-14(2)24-22-23(27(41)37(26(22)40)21-13-15(30(32,33)34)11-12-18(21)31)29(36-24)17-8-4-6-10-20(17)38-25(39)16-7-3-5-9-19(16)35-28(29)38/h3-14,22-24,36H,1-2H3/t22-,23-,24+,29+/m1/s1. The zero-order valence-electron chi connectivity index (χ0n) is 21.7. The Morgan fingerprint density at radius 3 is 2.39 bits per heavy atom. The third-order valence-electron chi connectivity index (χ3n) is 8.53. The summed E-state index contributed by atoms with van der Waals surface area (Å²) in [6.45, 7) is 3.79. The average molecular weight is 579 g/mol. The van der Waals surface area contributed by atoms with Crippen molar-refractivity contribution in [2.45, 2.75) is 31.6 Å². The van der Waals surface area contributed by atoms with Crippen molar-refractivity contribution >= 4 is 40.0 Å². The topological polar surface area (TPSA) is 84.3 Å². The minimum absolute atomic E-state index is 0.157. The highest BCUT2D eigenvalue weighted by Crippen LogP contribution is 2.57. The summed E-state index contributed by atoms with van der Waals surface area (Å²) in [5, 5.41) is 3.79. The number of nitrogens with zero attached hydrogens (tertiary/aromatic N) is 3. The predicted octanol–water partition coefficient (Wildman–Crippen LogP) is 5.05. The van der Waals surface area contributed by atoms with Crippen LogP contribution in [-0.2, 0) is 21.3 Å². The summed E-state index contributed by atoms with van der Waals surface area (Å²) in [4.78, 5) is 48.0. The summed E-state index contributed by atoms with van der Waals surface area (Å²) in [6.07, 6.45) is -4.71. The van der Waals surface area contributed by atoms with Gasteiger partial charge >= 0.3 is 6.18 Å². The Morgan fingerprint density at radius 1 is 0.951 bits per heavy atom. The van der Waals surface area contributed by atoms with Crippen molar-refractivity contribution in [3.63, 3.8) is 0 Å². The first-order valence-corrected chi connectivity index (χ1v) is 13.5. The molecule has 208 valence electrons. The highest BCUT2D eigenvalue weighted by molar-refractivity contribution is 6.36. The molecule has 3 aromatic carbocycles. The molecule has 0 aliphatic carbocycles. The molecule has 1 N–H and O–H groups in total. The summed E-state index contributed by atoms with van der Waals surface area (Å²) >= 11 is 6.33. The van der Waals surface area contributed by atoms with Gasteiger partial charge in [-0.25, -0.2) is 9.88 Å². The molecule has 1 aromatic heterocycles. The van der Waals surface area contributed by atoms with Gasteiger partial charge in [0.1, 0.15) is 11.4 Å². The molecule has 0 saturated carbocycles. The number of carbonyl (C=O) groups is 2. The summed E-state index contributed by atoms with van der Waals surface area (Å²) in [7, 11) is 0. The van der Waals surface area contributed by atoms with Crippen LogP contribution in [-0.4, -0.2) is 27.4 Å². The first-order chi connectivity index (χ1) is 19.5. The second-order valence-electron chi connectivity index (χ2n) is 11.0. The Kier molecular flexibility index (Phi) is 5.37. The van der Waals surface area contributed by atoms with E-state index in [4.69, 9.17) is 16.6 Å². The maximum atomic E-state index is 14.4. The molecular formula is C30H22ClF3N4O3. The van der Waals surface area contributed by atoms with Gasteiger partial charge in [0.05, 0.1) is 44.7 Å². The summed E-state index contributed by atoms with van der Waals surface area (Å²) in [6, 6.07) is 16.0. The van der Waals surface area contributed by atoms with Gasteiger partial charge in [0.15, 0.2) is 0 Å². The minimum atomic E-state index is -4.71. The van der Waals surface area contributed by atoms with Gasteiger partial charge in [0.2, 0.25) is 11.8 Å². The van der Waals surface area contributed by atoms with Crippen molar-refractivity contribution in [3.8, 4) is 5.69 Å². The van der Waals surface area contributed by atoms with Crippen molar-refractivity contribution in [1.29, 1.82) is 0 Å². The molecule has 41 heavy (non-hydrogen) atoms. The molecule has 4 aromatic rings. The number of anilines is 1. The fourth-order valence-electron chi connectivity index (χ4n) is 6.82. The molecular weight excluding hydrogens is 557 g/mol. The van der Waals surface area contributed by atoms with Gasteiger partial charge in [-0.05, 0) is 42.3 Å².